The van der Waals surface area contributed by atoms with E-state index in [1.165, 1.54) is 17.8 Å². The van der Waals surface area contributed by atoms with Crippen LogP contribution in [0.25, 0.3) is 0 Å². The SMILES string of the molecule is O=C(NCCN1CCOC1=O)Nc1nnc(C2CCC2)s1. The van der Waals surface area contributed by atoms with E-state index < -0.39 is 0 Å². The van der Waals surface area contributed by atoms with Crippen molar-refractivity contribution in [2.24, 2.45) is 0 Å². The van der Waals surface area contributed by atoms with Crippen molar-refractivity contribution < 1.29 is 14.3 Å². The van der Waals surface area contributed by atoms with Gasteiger partial charge >= 0.3 is 12.1 Å². The Morgan fingerprint density at radius 3 is 2.95 bits per heavy atom. The summed E-state index contributed by atoms with van der Waals surface area (Å²) >= 11 is 1.43. The Bertz CT molecular complexity index is 531. The average Bonchev–Trinajstić information content (AvgIpc) is 2.98. The number of rotatable bonds is 5. The first-order chi connectivity index (χ1) is 10.2. The van der Waals surface area contributed by atoms with E-state index in [-0.39, 0.29) is 12.1 Å². The number of carbonyl (C=O) groups is 2. The van der Waals surface area contributed by atoms with Crippen molar-refractivity contribution in [3.63, 3.8) is 0 Å². The number of aromatic nitrogens is 2. The number of hydrogen-bond donors (Lipinski definition) is 2. The number of cyclic esters (lactones) is 1. The van der Waals surface area contributed by atoms with E-state index in [2.05, 4.69) is 20.8 Å². The Morgan fingerprint density at radius 2 is 2.29 bits per heavy atom. The average molecular weight is 311 g/mol. The van der Waals surface area contributed by atoms with Crippen molar-refractivity contribution in [1.82, 2.24) is 20.4 Å². The third-order valence-corrected chi connectivity index (χ3v) is 4.63. The molecule has 2 fully saturated rings. The van der Waals surface area contributed by atoms with Gasteiger partial charge in [0.25, 0.3) is 0 Å². The van der Waals surface area contributed by atoms with E-state index >= 15 is 0 Å². The Morgan fingerprint density at radius 1 is 1.43 bits per heavy atom. The fourth-order valence-electron chi connectivity index (χ4n) is 2.18. The van der Waals surface area contributed by atoms with Crippen LogP contribution in [0, 0.1) is 0 Å². The molecule has 1 aliphatic heterocycles. The first-order valence-corrected chi connectivity index (χ1v) is 7.84. The molecule has 2 aliphatic rings. The van der Waals surface area contributed by atoms with Gasteiger partial charge < -0.3 is 15.0 Å². The summed E-state index contributed by atoms with van der Waals surface area (Å²) in [4.78, 5) is 24.5. The van der Waals surface area contributed by atoms with Crippen LogP contribution in [0.4, 0.5) is 14.7 Å². The quantitative estimate of drug-likeness (QED) is 0.856. The second kappa shape index (κ2) is 6.25. The number of ether oxygens (including phenoxy) is 1. The molecule has 0 radical (unpaired) electrons. The summed E-state index contributed by atoms with van der Waals surface area (Å²) in [5.74, 6) is 0.516. The highest BCUT2D eigenvalue weighted by Crippen LogP contribution is 2.38. The van der Waals surface area contributed by atoms with Gasteiger partial charge in [-0.15, -0.1) is 10.2 Å². The van der Waals surface area contributed by atoms with Crippen molar-refractivity contribution >= 4 is 28.6 Å². The van der Waals surface area contributed by atoms with Gasteiger partial charge in [0.1, 0.15) is 11.6 Å². The van der Waals surface area contributed by atoms with Crippen molar-refractivity contribution in [3.8, 4) is 0 Å². The van der Waals surface area contributed by atoms with Crippen LogP contribution < -0.4 is 10.6 Å². The van der Waals surface area contributed by atoms with Crippen LogP contribution in [0.2, 0.25) is 0 Å². The van der Waals surface area contributed by atoms with E-state index in [0.29, 0.717) is 37.3 Å². The summed E-state index contributed by atoms with van der Waals surface area (Å²) < 4.78 is 4.80. The van der Waals surface area contributed by atoms with E-state index in [0.717, 1.165) is 17.8 Å². The van der Waals surface area contributed by atoms with Gasteiger partial charge in [-0.2, -0.15) is 0 Å². The van der Waals surface area contributed by atoms with Crippen LogP contribution >= 0.6 is 11.3 Å². The third-order valence-electron chi connectivity index (χ3n) is 3.63. The lowest BCUT2D eigenvalue weighted by atomic mass is 9.86. The molecule has 0 aromatic carbocycles. The predicted molar refractivity (Wildman–Crippen MR) is 76.4 cm³/mol. The lowest BCUT2D eigenvalue weighted by molar-refractivity contribution is 0.158. The normalized spacial score (nSPS) is 18.3. The molecule has 0 unspecified atom stereocenters. The Hall–Kier alpha value is -1.90. The van der Waals surface area contributed by atoms with Gasteiger partial charge in [-0.25, -0.2) is 9.59 Å². The number of anilines is 1. The molecule has 114 valence electrons. The zero-order valence-electron chi connectivity index (χ0n) is 11.5. The number of amides is 3. The monoisotopic (exact) mass is 311 g/mol. The molecule has 1 aliphatic carbocycles. The zero-order chi connectivity index (χ0) is 14.7. The zero-order valence-corrected chi connectivity index (χ0v) is 12.3. The minimum absolute atomic E-state index is 0.327. The predicted octanol–water partition coefficient (Wildman–Crippen LogP) is 1.38. The third kappa shape index (κ3) is 3.41. The standard InChI is InChI=1S/C12H17N5O3S/c18-10(13-4-5-17-6-7-20-12(17)19)14-11-16-15-9(21-11)8-2-1-3-8/h8H,1-7H2,(H2,13,14,16,18). The summed E-state index contributed by atoms with van der Waals surface area (Å²) in [6.45, 7) is 1.80. The smallest absolute Gasteiger partial charge is 0.409 e. The fourth-order valence-corrected chi connectivity index (χ4v) is 3.09. The fraction of sp³-hybridized carbons (Fsp3) is 0.667. The topological polar surface area (TPSA) is 96.5 Å². The summed E-state index contributed by atoms with van der Waals surface area (Å²) in [6, 6.07) is -0.334. The lowest BCUT2D eigenvalue weighted by Gasteiger charge is -2.21. The Kier molecular flexibility index (Phi) is 4.18. The van der Waals surface area contributed by atoms with E-state index in [4.69, 9.17) is 4.74 Å². The molecule has 9 heteroatoms. The van der Waals surface area contributed by atoms with Crippen LogP contribution in [0.3, 0.4) is 0 Å². The molecule has 2 N–H and O–H groups in total. The van der Waals surface area contributed by atoms with Crippen molar-refractivity contribution in [2.45, 2.75) is 25.2 Å². The molecule has 21 heavy (non-hydrogen) atoms. The summed E-state index contributed by atoms with van der Waals surface area (Å²) in [6.07, 6.45) is 3.23. The second-order valence-corrected chi connectivity index (χ2v) is 6.06. The van der Waals surface area contributed by atoms with Gasteiger partial charge in [0, 0.05) is 19.0 Å². The van der Waals surface area contributed by atoms with E-state index in [1.807, 2.05) is 0 Å². The summed E-state index contributed by atoms with van der Waals surface area (Å²) in [7, 11) is 0. The molecule has 8 nitrogen and oxygen atoms in total. The maximum absolute atomic E-state index is 11.7. The van der Waals surface area contributed by atoms with E-state index in [9.17, 15) is 9.59 Å². The van der Waals surface area contributed by atoms with Crippen LogP contribution in [-0.2, 0) is 4.74 Å². The van der Waals surface area contributed by atoms with Crippen molar-refractivity contribution in [3.05, 3.63) is 5.01 Å². The largest absolute Gasteiger partial charge is 0.448 e. The molecule has 1 saturated carbocycles. The molecular formula is C12H17N5O3S. The van der Waals surface area contributed by atoms with Gasteiger partial charge in [0.05, 0.1) is 6.54 Å². The highest BCUT2D eigenvalue weighted by molar-refractivity contribution is 7.15. The molecule has 0 spiro atoms. The van der Waals surface area contributed by atoms with Gasteiger partial charge in [0.2, 0.25) is 5.13 Å². The summed E-state index contributed by atoms with van der Waals surface area (Å²) in [5.41, 5.74) is 0. The lowest BCUT2D eigenvalue weighted by Crippen LogP contribution is -2.37. The number of nitrogens with zero attached hydrogens (tertiary/aromatic N) is 3. The van der Waals surface area contributed by atoms with Crippen LogP contribution in [0.5, 0.6) is 0 Å². The highest BCUT2D eigenvalue weighted by Gasteiger charge is 2.24. The van der Waals surface area contributed by atoms with Gasteiger partial charge in [-0.1, -0.05) is 17.8 Å². The molecule has 3 rings (SSSR count). The van der Waals surface area contributed by atoms with Crippen LogP contribution in [-0.4, -0.2) is 53.5 Å². The first-order valence-electron chi connectivity index (χ1n) is 7.02. The molecule has 0 atom stereocenters. The molecule has 1 aromatic heterocycles. The van der Waals surface area contributed by atoms with Gasteiger partial charge in [0.15, 0.2) is 0 Å². The number of nitrogens with one attached hydrogen (secondary N) is 2. The van der Waals surface area contributed by atoms with E-state index in [1.54, 1.807) is 4.90 Å². The Balaban J connectivity index is 1.39. The molecule has 3 amide bonds. The molecule has 2 heterocycles. The minimum atomic E-state index is -0.334. The minimum Gasteiger partial charge on any atom is -0.448 e. The van der Waals surface area contributed by atoms with Crippen LogP contribution in [0.1, 0.15) is 30.2 Å². The van der Waals surface area contributed by atoms with Gasteiger partial charge in [-0.05, 0) is 12.8 Å². The van der Waals surface area contributed by atoms with Crippen LogP contribution in [0.15, 0.2) is 0 Å². The maximum Gasteiger partial charge on any atom is 0.409 e. The highest BCUT2D eigenvalue weighted by atomic mass is 32.1. The molecule has 0 bridgehead atoms. The second-order valence-electron chi connectivity index (χ2n) is 5.06. The maximum atomic E-state index is 11.7. The first kappa shape index (κ1) is 14.1. The number of hydrogen-bond acceptors (Lipinski definition) is 6. The molecule has 1 saturated heterocycles. The van der Waals surface area contributed by atoms with Gasteiger partial charge in [-0.3, -0.25) is 5.32 Å². The number of urea groups is 1. The molecule has 1 aromatic rings. The summed E-state index contributed by atoms with van der Waals surface area (Å²) in [5, 5.41) is 14.9. The van der Waals surface area contributed by atoms with Crippen molar-refractivity contribution in [2.75, 3.05) is 31.6 Å². The number of carbonyl (C=O) groups excluding carboxylic acids is 2. The van der Waals surface area contributed by atoms with Crippen molar-refractivity contribution in [1.29, 1.82) is 0 Å². The Labute approximate surface area is 125 Å². The molecular weight excluding hydrogens is 294 g/mol.